The van der Waals surface area contributed by atoms with E-state index in [0.717, 1.165) is 12.1 Å². The average Bonchev–Trinajstić information content (AvgIpc) is 3.36. The Labute approximate surface area is 438 Å². The van der Waals surface area contributed by atoms with Crippen LogP contribution in [0.2, 0.25) is 0 Å². The van der Waals surface area contributed by atoms with E-state index in [0.29, 0.717) is 36.6 Å². The van der Waals surface area contributed by atoms with Gasteiger partial charge in [-0.2, -0.15) is 18.4 Å². The average molecular weight is 1070 g/mol. The summed E-state index contributed by atoms with van der Waals surface area (Å²) in [5.74, 6) is -4.61. The number of para-hydroxylation sites is 1. The number of rotatable bonds is 23. The molecule has 2 fully saturated rings. The van der Waals surface area contributed by atoms with E-state index < -0.39 is 52.7 Å². The fourth-order valence-electron chi connectivity index (χ4n) is 9.17. The Morgan fingerprint density at radius 1 is 0.737 bits per heavy atom. The second-order valence-electron chi connectivity index (χ2n) is 18.7. The molecular weight excluding hydrogens is 1000 g/mol. The lowest BCUT2D eigenvalue weighted by atomic mass is 9.72. The number of piperidine rings is 1. The number of aliphatic carboxylic acids is 3. The van der Waals surface area contributed by atoms with Crippen LogP contribution in [0.3, 0.4) is 0 Å². The molecule has 25 heteroatoms. The minimum Gasteiger partial charge on any atom is -0.493 e. The second kappa shape index (κ2) is 28.8. The first-order chi connectivity index (χ1) is 36.2. The molecule has 2 aliphatic rings. The molecular formula is C51H67F4N11O10. The Hall–Kier alpha value is -6.98. The molecule has 5 rings (SSSR count). The molecule has 0 radical (unpaired) electrons. The highest BCUT2D eigenvalue weighted by Gasteiger charge is 2.44. The number of halogens is 4. The van der Waals surface area contributed by atoms with E-state index in [-0.39, 0.29) is 153 Å². The molecule has 2 aromatic carbocycles. The highest BCUT2D eigenvalue weighted by Crippen LogP contribution is 2.41. The summed E-state index contributed by atoms with van der Waals surface area (Å²) in [5.41, 5.74) is -1.41. The summed E-state index contributed by atoms with van der Waals surface area (Å²) in [4.78, 5) is 89.7. The number of carbonyl (C=O) groups is 6. The highest BCUT2D eigenvalue weighted by atomic mass is 19.4. The van der Waals surface area contributed by atoms with Gasteiger partial charge in [-0.15, -0.1) is 0 Å². The maximum absolute atomic E-state index is 16.1. The van der Waals surface area contributed by atoms with Crippen molar-refractivity contribution in [3.05, 3.63) is 77.2 Å². The first-order valence-corrected chi connectivity index (χ1v) is 25.0. The number of carbonyl (C=O) groups excluding carboxylic acids is 3. The summed E-state index contributed by atoms with van der Waals surface area (Å²) >= 11 is 0. The van der Waals surface area contributed by atoms with Crippen LogP contribution in [0.15, 0.2) is 54.7 Å². The minimum atomic E-state index is -4.65. The van der Waals surface area contributed by atoms with Gasteiger partial charge in [0.05, 0.1) is 55.0 Å². The molecule has 76 heavy (non-hydrogen) atoms. The molecule has 21 nitrogen and oxygen atoms in total. The van der Waals surface area contributed by atoms with Gasteiger partial charge in [0.25, 0.3) is 0 Å². The number of alkyl halides is 3. The molecule has 3 aromatic rings. The van der Waals surface area contributed by atoms with Gasteiger partial charge in [0.2, 0.25) is 17.7 Å². The largest absolute Gasteiger partial charge is 0.493 e. The zero-order valence-corrected chi connectivity index (χ0v) is 42.7. The first-order valence-electron chi connectivity index (χ1n) is 25.0. The monoisotopic (exact) mass is 1070 g/mol. The highest BCUT2D eigenvalue weighted by molar-refractivity contribution is 5.89. The van der Waals surface area contributed by atoms with Crippen molar-refractivity contribution in [3.63, 3.8) is 0 Å². The normalized spacial score (nSPS) is 16.4. The number of likely N-dealkylation sites (N-methyl/N-ethyl adjacent to an activating group) is 1. The smallest absolute Gasteiger partial charge is 0.416 e. The van der Waals surface area contributed by atoms with Crippen molar-refractivity contribution in [2.75, 3.05) is 143 Å². The van der Waals surface area contributed by atoms with Gasteiger partial charge in [0.1, 0.15) is 23.3 Å². The number of ether oxygens (including phenoxy) is 1. The summed E-state index contributed by atoms with van der Waals surface area (Å²) in [5, 5.41) is 46.7. The molecule has 0 unspecified atom stereocenters. The second-order valence-corrected chi connectivity index (χ2v) is 18.7. The summed E-state index contributed by atoms with van der Waals surface area (Å²) in [6.45, 7) is 4.50. The maximum Gasteiger partial charge on any atom is 0.416 e. The standard InChI is InChI=1S/C51H67F4N11O10/c1-3-76-42-7-5-4-6-39(42)48-40(52)29-38(31-60-48)50(11-16-66(17-12-50)41-9-8-37(51(53,54)55)28-36(41)30-56)49(75)59-15-19-61(2)18-14-58-43(67)10-13-57-44(68)32-62-20-22-63(33-45(69)70)24-26-65(35-47(73)74)27-25-64(23-21-62)34-46(71)72/h4-9,28-29,31H,3,10-27,32-35H2,1-2H3,(H,57,68)(H,58,67)(H,59,75)(H,69,70)(H,71,72)(H,73,74). The lowest BCUT2D eigenvalue weighted by molar-refractivity contribution is -0.140. The number of carboxylic acid groups (broad SMARTS) is 3. The lowest BCUT2D eigenvalue weighted by Crippen LogP contribution is -2.53. The van der Waals surface area contributed by atoms with E-state index in [1.807, 2.05) is 11.0 Å². The van der Waals surface area contributed by atoms with E-state index in [4.69, 9.17) is 4.74 Å². The lowest BCUT2D eigenvalue weighted by Gasteiger charge is -2.42. The predicted octanol–water partition coefficient (Wildman–Crippen LogP) is 1.86. The number of amides is 3. The number of carboxylic acids is 3. The van der Waals surface area contributed by atoms with Crippen LogP contribution >= 0.6 is 0 Å². The number of aromatic nitrogens is 1. The Balaban J connectivity index is 1.13. The summed E-state index contributed by atoms with van der Waals surface area (Å²) in [6, 6.07) is 12.9. The van der Waals surface area contributed by atoms with Crippen LogP contribution in [0, 0.1) is 17.1 Å². The number of hydrogen-bond donors (Lipinski definition) is 6. The number of hydrogen-bond acceptors (Lipinski definition) is 15. The van der Waals surface area contributed by atoms with Crippen LogP contribution < -0.4 is 25.6 Å². The summed E-state index contributed by atoms with van der Waals surface area (Å²) in [7, 11) is 1.79. The SMILES string of the molecule is CCOc1ccccc1-c1ncc(C2(C(=O)NCCN(C)CCNC(=O)CCNC(=O)CN3CCN(CC(=O)O)CCN(CC(=O)O)CCN(CC(=O)O)CC3)CCN(c3ccc(C(F)(F)F)cc3C#N)CC2)cc1F. The van der Waals surface area contributed by atoms with Gasteiger partial charge in [0.15, 0.2) is 0 Å². The van der Waals surface area contributed by atoms with Crippen LogP contribution in [0.1, 0.15) is 42.9 Å². The number of nitrogens with zero attached hydrogens (tertiary/aromatic N) is 8. The number of nitriles is 1. The quantitative estimate of drug-likeness (QED) is 0.0741. The Bertz CT molecular complexity index is 2490. The predicted molar refractivity (Wildman–Crippen MR) is 270 cm³/mol. The third-order valence-electron chi connectivity index (χ3n) is 13.3. The number of anilines is 1. The molecule has 1 aromatic heterocycles. The van der Waals surface area contributed by atoms with Crippen molar-refractivity contribution in [3.8, 4) is 23.1 Å². The van der Waals surface area contributed by atoms with E-state index in [2.05, 4.69) is 20.9 Å². The molecule has 414 valence electrons. The third-order valence-corrected chi connectivity index (χ3v) is 13.3. The van der Waals surface area contributed by atoms with Crippen molar-refractivity contribution in [2.24, 2.45) is 0 Å². The topological polar surface area (TPSA) is 265 Å². The number of nitrogens with one attached hydrogen (secondary N) is 3. The molecule has 0 saturated carbocycles. The van der Waals surface area contributed by atoms with Crippen molar-refractivity contribution in [1.29, 1.82) is 5.26 Å². The van der Waals surface area contributed by atoms with Gasteiger partial charge in [-0.1, -0.05) is 12.1 Å². The van der Waals surface area contributed by atoms with Crippen molar-refractivity contribution >= 4 is 41.3 Å². The van der Waals surface area contributed by atoms with Gasteiger partial charge in [0, 0.05) is 116 Å². The molecule has 3 heterocycles. The van der Waals surface area contributed by atoms with E-state index in [1.54, 1.807) is 62.7 Å². The number of benzene rings is 2. The fraction of sp³-hybridized carbons (Fsp3) is 0.529. The first kappa shape index (κ1) is 59.9. The van der Waals surface area contributed by atoms with Crippen LogP contribution in [0.25, 0.3) is 11.3 Å². The van der Waals surface area contributed by atoms with Crippen LogP contribution in [0.5, 0.6) is 5.75 Å². The Morgan fingerprint density at radius 2 is 1.26 bits per heavy atom. The summed E-state index contributed by atoms with van der Waals surface area (Å²) < 4.78 is 62.3. The molecule has 3 amide bonds. The van der Waals surface area contributed by atoms with Crippen molar-refractivity contribution in [2.45, 2.75) is 37.8 Å². The van der Waals surface area contributed by atoms with E-state index in [1.165, 1.54) is 18.3 Å². The molecule has 0 aliphatic carbocycles. The van der Waals surface area contributed by atoms with Gasteiger partial charge in [-0.3, -0.25) is 53.4 Å². The Kier molecular flexibility index (Phi) is 22.7. The summed E-state index contributed by atoms with van der Waals surface area (Å²) in [6.07, 6.45) is -3.01. The van der Waals surface area contributed by atoms with Crippen molar-refractivity contribution in [1.82, 2.24) is 45.4 Å². The van der Waals surface area contributed by atoms with Crippen molar-refractivity contribution < 1.29 is 66.4 Å². The minimum absolute atomic E-state index is 0.0160. The molecule has 0 spiro atoms. The third kappa shape index (κ3) is 18.1. The van der Waals surface area contributed by atoms with Crippen LogP contribution in [-0.4, -0.2) is 218 Å². The zero-order chi connectivity index (χ0) is 55.4. The van der Waals surface area contributed by atoms with Gasteiger partial charge in [-0.05, 0) is 68.8 Å². The fourth-order valence-corrected chi connectivity index (χ4v) is 9.17. The van der Waals surface area contributed by atoms with Crippen LogP contribution in [-0.2, 0) is 40.4 Å². The molecule has 0 bridgehead atoms. The Morgan fingerprint density at radius 3 is 1.78 bits per heavy atom. The van der Waals surface area contributed by atoms with Gasteiger partial charge in [-0.25, -0.2) is 4.39 Å². The molecule has 2 aliphatic heterocycles. The molecule has 6 N–H and O–H groups in total. The zero-order valence-electron chi connectivity index (χ0n) is 42.7. The maximum atomic E-state index is 16.1. The van der Waals surface area contributed by atoms with Gasteiger partial charge >= 0.3 is 24.1 Å². The molecule has 2 saturated heterocycles. The molecule has 0 atom stereocenters. The number of pyridine rings is 1. The van der Waals surface area contributed by atoms with E-state index >= 15 is 4.39 Å². The van der Waals surface area contributed by atoms with E-state index in [9.17, 15) is 62.5 Å². The van der Waals surface area contributed by atoms with Gasteiger partial charge < -0.3 is 45.8 Å². The van der Waals surface area contributed by atoms with Crippen LogP contribution in [0.4, 0.5) is 23.2 Å².